The highest BCUT2D eigenvalue weighted by Gasteiger charge is 2.13. The van der Waals surface area contributed by atoms with E-state index in [1.54, 1.807) is 6.20 Å². The van der Waals surface area contributed by atoms with Crippen molar-refractivity contribution in [2.75, 3.05) is 13.1 Å². The monoisotopic (exact) mass is 278 g/mol. The van der Waals surface area contributed by atoms with Gasteiger partial charge in [0.2, 0.25) is 5.91 Å². The number of rotatable bonds is 8. The summed E-state index contributed by atoms with van der Waals surface area (Å²) >= 11 is 0. The summed E-state index contributed by atoms with van der Waals surface area (Å²) in [6.45, 7) is 2.87. The molecule has 0 saturated carbocycles. The van der Waals surface area contributed by atoms with Gasteiger partial charge in [-0.1, -0.05) is 6.42 Å². The predicted molar refractivity (Wildman–Crippen MR) is 79.3 cm³/mol. The quantitative estimate of drug-likeness (QED) is 0.712. The number of hydrogen-bond donors (Lipinski definition) is 2. The number of carbonyl (C=O) groups excluding carboxylic acids is 1. The zero-order valence-corrected chi connectivity index (χ0v) is 12.2. The second kappa shape index (κ2) is 8.74. The normalized spacial score (nSPS) is 18.9. The summed E-state index contributed by atoms with van der Waals surface area (Å²) in [5.41, 5.74) is 0. The van der Waals surface area contributed by atoms with Crippen LogP contribution in [0.3, 0.4) is 0 Å². The number of imidazole rings is 1. The molecule has 0 aliphatic carbocycles. The van der Waals surface area contributed by atoms with Gasteiger partial charge in [-0.3, -0.25) is 4.79 Å². The zero-order chi connectivity index (χ0) is 14.0. The van der Waals surface area contributed by atoms with E-state index in [-0.39, 0.29) is 5.91 Å². The Balaban J connectivity index is 1.45. The van der Waals surface area contributed by atoms with Crippen LogP contribution in [0, 0.1) is 0 Å². The third-order valence-electron chi connectivity index (χ3n) is 3.86. The molecule has 0 radical (unpaired) electrons. The molecule has 112 valence electrons. The van der Waals surface area contributed by atoms with Gasteiger partial charge in [0.1, 0.15) is 0 Å². The first kappa shape index (κ1) is 15.0. The van der Waals surface area contributed by atoms with E-state index in [9.17, 15) is 4.79 Å². The van der Waals surface area contributed by atoms with Gasteiger partial charge in [0.25, 0.3) is 0 Å². The smallest absolute Gasteiger partial charge is 0.220 e. The molecule has 1 aliphatic heterocycles. The van der Waals surface area contributed by atoms with Crippen LogP contribution in [-0.2, 0) is 11.3 Å². The molecule has 1 aromatic heterocycles. The van der Waals surface area contributed by atoms with E-state index >= 15 is 0 Å². The first-order valence-corrected chi connectivity index (χ1v) is 7.80. The first-order chi connectivity index (χ1) is 9.84. The first-order valence-electron chi connectivity index (χ1n) is 7.80. The van der Waals surface area contributed by atoms with Gasteiger partial charge in [0.05, 0.1) is 6.33 Å². The third-order valence-corrected chi connectivity index (χ3v) is 3.86. The molecule has 1 amide bonds. The number of unbranched alkanes of at least 4 members (excludes halogenated alkanes) is 1. The van der Waals surface area contributed by atoms with Crippen LogP contribution in [0.15, 0.2) is 18.7 Å². The molecule has 1 atom stereocenters. The van der Waals surface area contributed by atoms with Crippen molar-refractivity contribution in [2.45, 2.75) is 57.5 Å². The molecule has 2 N–H and O–H groups in total. The number of aryl methyl sites for hydroxylation is 1. The van der Waals surface area contributed by atoms with Crippen LogP contribution in [0.1, 0.15) is 44.9 Å². The van der Waals surface area contributed by atoms with E-state index in [1.165, 1.54) is 19.3 Å². The van der Waals surface area contributed by atoms with Crippen LogP contribution in [0.5, 0.6) is 0 Å². The fourth-order valence-corrected chi connectivity index (χ4v) is 2.63. The molecule has 5 heteroatoms. The molecule has 1 aromatic rings. The van der Waals surface area contributed by atoms with E-state index in [2.05, 4.69) is 20.2 Å². The molecule has 1 aliphatic rings. The Labute approximate surface area is 121 Å². The number of aromatic nitrogens is 2. The molecular weight excluding hydrogens is 252 g/mol. The average Bonchev–Trinajstić information content (AvgIpc) is 2.99. The number of hydrogen-bond acceptors (Lipinski definition) is 3. The third kappa shape index (κ3) is 5.74. The lowest BCUT2D eigenvalue weighted by Gasteiger charge is -2.23. The molecule has 5 nitrogen and oxygen atoms in total. The Morgan fingerprint density at radius 1 is 1.40 bits per heavy atom. The molecule has 1 unspecified atom stereocenters. The van der Waals surface area contributed by atoms with Gasteiger partial charge in [-0.2, -0.15) is 0 Å². The second-order valence-electron chi connectivity index (χ2n) is 5.54. The van der Waals surface area contributed by atoms with Crippen molar-refractivity contribution in [2.24, 2.45) is 0 Å². The Bertz CT molecular complexity index is 371. The SMILES string of the molecule is O=C(CCC1CCCCN1)NCCCCn1ccnc1. The summed E-state index contributed by atoms with van der Waals surface area (Å²) in [6, 6.07) is 0.552. The maximum atomic E-state index is 11.7. The van der Waals surface area contributed by atoms with Crippen LogP contribution < -0.4 is 10.6 Å². The van der Waals surface area contributed by atoms with Crippen LogP contribution in [0.25, 0.3) is 0 Å². The van der Waals surface area contributed by atoms with Crippen molar-refractivity contribution in [3.05, 3.63) is 18.7 Å². The van der Waals surface area contributed by atoms with E-state index in [0.717, 1.165) is 38.9 Å². The Morgan fingerprint density at radius 3 is 3.10 bits per heavy atom. The predicted octanol–water partition coefficient (Wildman–Crippen LogP) is 1.70. The van der Waals surface area contributed by atoms with E-state index in [4.69, 9.17) is 0 Å². The number of nitrogens with zero attached hydrogens (tertiary/aromatic N) is 2. The molecule has 2 rings (SSSR count). The van der Waals surface area contributed by atoms with Crippen LogP contribution in [0.2, 0.25) is 0 Å². The molecular formula is C15H26N4O. The minimum absolute atomic E-state index is 0.194. The van der Waals surface area contributed by atoms with E-state index in [1.807, 2.05) is 12.5 Å². The summed E-state index contributed by atoms with van der Waals surface area (Å²) in [7, 11) is 0. The minimum atomic E-state index is 0.194. The van der Waals surface area contributed by atoms with Crippen molar-refractivity contribution in [3.63, 3.8) is 0 Å². The van der Waals surface area contributed by atoms with Gasteiger partial charge < -0.3 is 15.2 Å². The lowest BCUT2D eigenvalue weighted by Crippen LogP contribution is -2.35. The molecule has 2 heterocycles. The zero-order valence-electron chi connectivity index (χ0n) is 12.2. The van der Waals surface area contributed by atoms with Crippen molar-refractivity contribution in [3.8, 4) is 0 Å². The fraction of sp³-hybridized carbons (Fsp3) is 0.733. The average molecular weight is 278 g/mol. The van der Waals surface area contributed by atoms with Crippen molar-refractivity contribution in [1.29, 1.82) is 0 Å². The van der Waals surface area contributed by atoms with Gasteiger partial charge in [-0.05, 0) is 38.6 Å². The summed E-state index contributed by atoms with van der Waals surface area (Å²) in [4.78, 5) is 15.7. The highest BCUT2D eigenvalue weighted by Crippen LogP contribution is 2.11. The minimum Gasteiger partial charge on any atom is -0.356 e. The number of carbonyl (C=O) groups is 1. The summed E-state index contributed by atoms with van der Waals surface area (Å²) in [6.07, 6.45) is 13.1. The van der Waals surface area contributed by atoms with Gasteiger partial charge >= 0.3 is 0 Å². The van der Waals surface area contributed by atoms with E-state index < -0.39 is 0 Å². The molecule has 0 bridgehead atoms. The Kier molecular flexibility index (Phi) is 6.57. The van der Waals surface area contributed by atoms with Crippen LogP contribution in [-0.4, -0.2) is 34.6 Å². The van der Waals surface area contributed by atoms with Gasteiger partial charge in [-0.15, -0.1) is 0 Å². The van der Waals surface area contributed by atoms with Crippen LogP contribution in [0.4, 0.5) is 0 Å². The lowest BCUT2D eigenvalue weighted by atomic mass is 10.0. The van der Waals surface area contributed by atoms with Crippen molar-refractivity contribution >= 4 is 5.91 Å². The summed E-state index contributed by atoms with van der Waals surface area (Å²) in [5.74, 6) is 0.194. The summed E-state index contributed by atoms with van der Waals surface area (Å²) in [5, 5.41) is 6.49. The maximum Gasteiger partial charge on any atom is 0.220 e. The molecule has 0 spiro atoms. The summed E-state index contributed by atoms with van der Waals surface area (Å²) < 4.78 is 2.07. The highest BCUT2D eigenvalue weighted by atomic mass is 16.1. The lowest BCUT2D eigenvalue weighted by molar-refractivity contribution is -0.121. The standard InChI is InChI=1S/C15H26N4O/c20-15(7-6-14-5-1-2-8-17-14)18-9-3-4-11-19-12-10-16-13-19/h10,12-14,17H,1-9,11H2,(H,18,20). The van der Waals surface area contributed by atoms with Crippen molar-refractivity contribution in [1.82, 2.24) is 20.2 Å². The largest absolute Gasteiger partial charge is 0.356 e. The Hall–Kier alpha value is -1.36. The number of nitrogens with one attached hydrogen (secondary N) is 2. The topological polar surface area (TPSA) is 59.0 Å². The number of piperidine rings is 1. The fourth-order valence-electron chi connectivity index (χ4n) is 2.63. The van der Waals surface area contributed by atoms with Gasteiger partial charge in [0.15, 0.2) is 0 Å². The van der Waals surface area contributed by atoms with Gasteiger partial charge in [0, 0.05) is 37.9 Å². The molecule has 0 aromatic carbocycles. The highest BCUT2D eigenvalue weighted by molar-refractivity contribution is 5.75. The molecule has 1 fully saturated rings. The van der Waals surface area contributed by atoms with Crippen molar-refractivity contribution < 1.29 is 4.79 Å². The maximum absolute atomic E-state index is 11.7. The van der Waals surface area contributed by atoms with Gasteiger partial charge in [-0.25, -0.2) is 4.98 Å². The number of amides is 1. The second-order valence-corrected chi connectivity index (χ2v) is 5.54. The van der Waals surface area contributed by atoms with Crippen LogP contribution >= 0.6 is 0 Å². The van der Waals surface area contributed by atoms with E-state index in [0.29, 0.717) is 12.5 Å². The Morgan fingerprint density at radius 2 is 2.35 bits per heavy atom. The molecule has 1 saturated heterocycles. The molecule has 20 heavy (non-hydrogen) atoms.